The molecular weight excluding hydrogens is 292 g/mol. The molecule has 0 bridgehead atoms. The second-order valence-electron chi connectivity index (χ2n) is 4.90. The van der Waals surface area contributed by atoms with E-state index in [1.807, 2.05) is 36.2 Å². The van der Waals surface area contributed by atoms with Gasteiger partial charge in [-0.15, -0.1) is 12.4 Å². The van der Waals surface area contributed by atoms with Crippen LogP contribution >= 0.6 is 12.4 Å². The summed E-state index contributed by atoms with van der Waals surface area (Å²) in [7, 11) is 3.47. The monoisotopic (exact) mass is 314 g/mol. The Morgan fingerprint density at radius 3 is 2.71 bits per heavy atom. The van der Waals surface area contributed by atoms with E-state index in [4.69, 9.17) is 9.47 Å². The number of hydrogen-bond donors (Lipinski definition) is 1. The number of amides is 1. The molecule has 0 aliphatic carbocycles. The Kier molecular flexibility index (Phi) is 7.32. The maximum Gasteiger partial charge on any atom is 0.226 e. The summed E-state index contributed by atoms with van der Waals surface area (Å²) >= 11 is 0. The molecule has 1 saturated heterocycles. The second-order valence-corrected chi connectivity index (χ2v) is 4.90. The van der Waals surface area contributed by atoms with Gasteiger partial charge in [0.2, 0.25) is 5.91 Å². The van der Waals surface area contributed by atoms with Gasteiger partial charge in [-0.25, -0.2) is 0 Å². The van der Waals surface area contributed by atoms with Crippen LogP contribution in [0.4, 0.5) is 0 Å². The van der Waals surface area contributed by atoms with E-state index in [1.165, 1.54) is 0 Å². The Hall–Kier alpha value is -1.46. The molecule has 1 atom stereocenters. The minimum absolute atomic E-state index is 0. The summed E-state index contributed by atoms with van der Waals surface area (Å²) in [6.07, 6.45) is 1.40. The van der Waals surface area contributed by atoms with Gasteiger partial charge < -0.3 is 19.7 Å². The number of para-hydroxylation sites is 2. The number of nitrogens with one attached hydrogen (secondary N) is 1. The van der Waals surface area contributed by atoms with Gasteiger partial charge in [-0.3, -0.25) is 4.79 Å². The number of carbonyl (C=O) groups excluding carboxylic acids is 1. The number of halogens is 1. The second kappa shape index (κ2) is 8.74. The van der Waals surface area contributed by atoms with Crippen LogP contribution in [0.15, 0.2) is 24.3 Å². The quantitative estimate of drug-likeness (QED) is 0.868. The van der Waals surface area contributed by atoms with Crippen molar-refractivity contribution in [1.29, 1.82) is 0 Å². The molecule has 1 aliphatic rings. The Balaban J connectivity index is 0.00000220. The average Bonchev–Trinajstić information content (AvgIpc) is 3.01. The molecule has 0 saturated carbocycles. The third-order valence-electron chi connectivity index (χ3n) is 3.62. The molecule has 1 fully saturated rings. The summed E-state index contributed by atoms with van der Waals surface area (Å²) in [4.78, 5) is 13.9. The summed E-state index contributed by atoms with van der Waals surface area (Å²) in [5, 5.41) is 3.26. The first-order valence-electron chi connectivity index (χ1n) is 6.94. The van der Waals surface area contributed by atoms with Gasteiger partial charge in [0.05, 0.1) is 20.1 Å². The lowest BCUT2D eigenvalue weighted by atomic mass is 10.2. The van der Waals surface area contributed by atoms with Crippen LogP contribution in [0.2, 0.25) is 0 Å². The summed E-state index contributed by atoms with van der Waals surface area (Å²) in [6.45, 7) is 2.24. The van der Waals surface area contributed by atoms with Crippen molar-refractivity contribution < 1.29 is 14.3 Å². The Labute approximate surface area is 132 Å². The molecule has 21 heavy (non-hydrogen) atoms. The number of carbonyl (C=O) groups is 1. The van der Waals surface area contributed by atoms with Crippen LogP contribution in [0.1, 0.15) is 12.8 Å². The largest absolute Gasteiger partial charge is 0.493 e. The molecule has 1 unspecified atom stereocenters. The van der Waals surface area contributed by atoms with Crippen molar-refractivity contribution in [2.24, 2.45) is 0 Å². The summed E-state index contributed by atoms with van der Waals surface area (Å²) < 4.78 is 10.8. The topological polar surface area (TPSA) is 50.8 Å². The summed E-state index contributed by atoms with van der Waals surface area (Å²) in [5.74, 6) is 1.48. The van der Waals surface area contributed by atoms with Gasteiger partial charge in [0.25, 0.3) is 0 Å². The molecule has 0 radical (unpaired) electrons. The Morgan fingerprint density at radius 2 is 2.10 bits per heavy atom. The van der Waals surface area contributed by atoms with Crippen LogP contribution < -0.4 is 14.8 Å². The molecular formula is C15H23ClN2O3. The van der Waals surface area contributed by atoms with Gasteiger partial charge in [0.1, 0.15) is 0 Å². The van der Waals surface area contributed by atoms with Gasteiger partial charge in [-0.2, -0.15) is 0 Å². The normalized spacial score (nSPS) is 17.0. The molecule has 1 aliphatic heterocycles. The number of methoxy groups -OCH3 is 1. The molecule has 1 aromatic rings. The first kappa shape index (κ1) is 17.6. The predicted octanol–water partition coefficient (Wildman–Crippen LogP) is 1.71. The van der Waals surface area contributed by atoms with Crippen molar-refractivity contribution in [1.82, 2.24) is 10.2 Å². The highest BCUT2D eigenvalue weighted by Gasteiger charge is 2.22. The molecule has 1 N–H and O–H groups in total. The van der Waals surface area contributed by atoms with Crippen LogP contribution in [0.3, 0.4) is 0 Å². The standard InChI is InChI=1S/C15H22N2O3.ClH/c1-17(12-7-9-16-11-12)15(18)8-10-20-14-6-4-3-5-13(14)19-2;/h3-6,12,16H,7-11H2,1-2H3;1H. The van der Waals surface area contributed by atoms with Gasteiger partial charge >= 0.3 is 0 Å². The van der Waals surface area contributed by atoms with E-state index in [0.29, 0.717) is 30.6 Å². The van der Waals surface area contributed by atoms with E-state index in [1.54, 1.807) is 7.11 Å². The maximum atomic E-state index is 12.1. The van der Waals surface area contributed by atoms with E-state index < -0.39 is 0 Å². The highest BCUT2D eigenvalue weighted by atomic mass is 35.5. The van der Waals surface area contributed by atoms with Gasteiger partial charge in [-0.05, 0) is 25.1 Å². The smallest absolute Gasteiger partial charge is 0.226 e. The number of nitrogens with zero attached hydrogens (tertiary/aromatic N) is 1. The predicted molar refractivity (Wildman–Crippen MR) is 84.4 cm³/mol. The fourth-order valence-corrected chi connectivity index (χ4v) is 2.34. The molecule has 1 aromatic carbocycles. The van der Waals surface area contributed by atoms with E-state index in [9.17, 15) is 4.79 Å². The van der Waals surface area contributed by atoms with E-state index in [0.717, 1.165) is 19.5 Å². The minimum atomic E-state index is 0. The van der Waals surface area contributed by atoms with Gasteiger partial charge in [0.15, 0.2) is 11.5 Å². The summed E-state index contributed by atoms with van der Waals surface area (Å²) in [5.41, 5.74) is 0. The number of benzene rings is 1. The minimum Gasteiger partial charge on any atom is -0.493 e. The van der Waals surface area contributed by atoms with E-state index in [2.05, 4.69) is 5.32 Å². The lowest BCUT2D eigenvalue weighted by Gasteiger charge is -2.23. The van der Waals surface area contributed by atoms with Crippen molar-refractivity contribution in [2.45, 2.75) is 18.9 Å². The van der Waals surface area contributed by atoms with Crippen LogP contribution in [0, 0.1) is 0 Å². The third kappa shape index (κ3) is 4.79. The number of ether oxygens (including phenoxy) is 2. The lowest BCUT2D eigenvalue weighted by molar-refractivity contribution is -0.132. The number of rotatable bonds is 6. The Morgan fingerprint density at radius 1 is 1.38 bits per heavy atom. The lowest BCUT2D eigenvalue weighted by Crippen LogP contribution is -2.38. The first-order valence-corrected chi connectivity index (χ1v) is 6.94. The van der Waals surface area contributed by atoms with Crippen LogP contribution in [0.25, 0.3) is 0 Å². The van der Waals surface area contributed by atoms with Gasteiger partial charge in [-0.1, -0.05) is 12.1 Å². The Bertz CT molecular complexity index is 450. The van der Waals surface area contributed by atoms with Crippen molar-refractivity contribution in [3.05, 3.63) is 24.3 Å². The van der Waals surface area contributed by atoms with E-state index in [-0.39, 0.29) is 18.3 Å². The zero-order valence-corrected chi connectivity index (χ0v) is 13.3. The summed E-state index contributed by atoms with van der Waals surface area (Å²) in [6, 6.07) is 7.77. The van der Waals surface area contributed by atoms with E-state index >= 15 is 0 Å². The molecule has 1 amide bonds. The molecule has 0 spiro atoms. The van der Waals surface area contributed by atoms with Crippen molar-refractivity contribution >= 4 is 18.3 Å². The molecule has 1 heterocycles. The first-order chi connectivity index (χ1) is 9.72. The molecule has 2 rings (SSSR count). The maximum absolute atomic E-state index is 12.1. The molecule has 118 valence electrons. The van der Waals surface area contributed by atoms with Crippen molar-refractivity contribution in [3.63, 3.8) is 0 Å². The molecule has 5 nitrogen and oxygen atoms in total. The molecule has 0 aromatic heterocycles. The SMILES string of the molecule is COc1ccccc1OCCC(=O)N(C)C1CCNC1.Cl. The van der Waals surface area contributed by atoms with Crippen molar-refractivity contribution in [2.75, 3.05) is 33.9 Å². The van der Waals surface area contributed by atoms with Gasteiger partial charge in [0, 0.05) is 19.6 Å². The third-order valence-corrected chi connectivity index (χ3v) is 3.62. The fraction of sp³-hybridized carbons (Fsp3) is 0.533. The number of likely N-dealkylation sites (N-methyl/N-ethyl adjacent to an activating group) is 1. The van der Waals surface area contributed by atoms with Crippen LogP contribution in [-0.4, -0.2) is 50.7 Å². The zero-order chi connectivity index (χ0) is 14.4. The average molecular weight is 315 g/mol. The molecule has 6 heteroatoms. The highest BCUT2D eigenvalue weighted by molar-refractivity contribution is 5.85. The number of hydrogen-bond acceptors (Lipinski definition) is 4. The van der Waals surface area contributed by atoms with Crippen molar-refractivity contribution in [3.8, 4) is 11.5 Å². The van der Waals surface area contributed by atoms with Crippen LogP contribution in [0.5, 0.6) is 11.5 Å². The fourth-order valence-electron chi connectivity index (χ4n) is 2.34. The highest BCUT2D eigenvalue weighted by Crippen LogP contribution is 2.25. The van der Waals surface area contributed by atoms with Crippen LogP contribution in [-0.2, 0) is 4.79 Å². The zero-order valence-electron chi connectivity index (χ0n) is 12.5.